The van der Waals surface area contributed by atoms with Gasteiger partial charge in [0.15, 0.2) is 53.2 Å². The maximum Gasteiger partial charge on any atom is 0.412 e. The van der Waals surface area contributed by atoms with Crippen molar-refractivity contribution in [1.82, 2.24) is 43.9 Å². The van der Waals surface area contributed by atoms with Gasteiger partial charge in [-0.1, -0.05) is 24.5 Å². The molecule has 0 aliphatic carbocycles. The van der Waals surface area contributed by atoms with E-state index in [9.17, 15) is 45.5 Å². The van der Waals surface area contributed by atoms with Crippen LogP contribution in [0.15, 0.2) is 25.3 Å². The molecule has 3 aliphatic heterocycles. The second-order valence-electron chi connectivity index (χ2n) is 15.4. The molecule has 0 unspecified atom stereocenters. The van der Waals surface area contributed by atoms with Gasteiger partial charge in [-0.05, 0) is 0 Å². The van der Waals surface area contributed by atoms with Crippen molar-refractivity contribution in [2.45, 2.75) is 62.1 Å². The van der Waals surface area contributed by atoms with Crippen molar-refractivity contribution in [3.63, 3.8) is 0 Å². The number of nitrogens with zero attached hydrogens (tertiary/aromatic N) is 9. The SMILES string of the molecule is CN(CCOC(=O)Nc1ncnc2c1ncn2[C@@H]1O[C@@H]2CO[P@@](=O)(S)O[C@H]3[C@@H](F)[C@H](n4cnc5c(N)ncnc54)O[C@@H]3CO[P@@](=O)(S)O[C@H]2[C@H]1F)C(=O)CCOCCC(=O)Oc1c(F)c(F)c(F)c(F)c1F. The molecule has 36 heteroatoms. The van der Waals surface area contributed by atoms with Gasteiger partial charge in [-0.2, -0.15) is 8.78 Å². The summed E-state index contributed by atoms with van der Waals surface area (Å²) in [5.41, 5.74) is 5.85. The summed E-state index contributed by atoms with van der Waals surface area (Å²) in [4.78, 5) is 62.6. The number of anilines is 2. The first kappa shape index (κ1) is 53.0. The van der Waals surface area contributed by atoms with Crippen molar-refractivity contribution >= 4 is 90.0 Å². The first-order valence-corrected chi connectivity index (χ1v) is 26.0. The molecule has 0 saturated carbocycles. The highest BCUT2D eigenvalue weighted by atomic mass is 32.7. The maximum atomic E-state index is 16.5. The summed E-state index contributed by atoms with van der Waals surface area (Å²) in [6.45, 7) is -11.9. The van der Waals surface area contributed by atoms with Gasteiger partial charge >= 0.3 is 25.7 Å². The zero-order valence-electron chi connectivity index (χ0n) is 36.3. The summed E-state index contributed by atoms with van der Waals surface area (Å²) in [6, 6.07) is 0. The number of imidazole rings is 2. The van der Waals surface area contributed by atoms with Gasteiger partial charge in [-0.3, -0.25) is 42.1 Å². The first-order chi connectivity index (χ1) is 34.1. The van der Waals surface area contributed by atoms with Crippen molar-refractivity contribution in [3.05, 3.63) is 54.4 Å². The molecule has 0 radical (unpaired) electrons. The van der Waals surface area contributed by atoms with Gasteiger partial charge in [0.25, 0.3) is 0 Å². The van der Waals surface area contributed by atoms with Gasteiger partial charge in [0.1, 0.15) is 49.2 Å². The largest absolute Gasteiger partial charge is 0.447 e. The van der Waals surface area contributed by atoms with Gasteiger partial charge < -0.3 is 34.3 Å². The minimum absolute atomic E-state index is 0.00324. The summed E-state index contributed by atoms with van der Waals surface area (Å²) in [6.07, 6.45) is -11.8. The highest BCUT2D eigenvalue weighted by molar-refractivity contribution is 8.44. The number of rotatable bonds is 13. The Morgan fingerprint density at radius 1 is 0.764 bits per heavy atom. The van der Waals surface area contributed by atoms with Gasteiger partial charge in [0, 0.05) is 7.05 Å². The standard InChI is InChI=1S/C36H36F7N11O14P2S2/c1-52(16(55)2-5-60-6-3-17(56)66-29-21(40)19(38)18(37)20(39)22(29)41)4-7-61-36(57)51-31-26-33(48-11-46-31)54(13-50-26)35-24(43)28-15(65-35)9-63-69(58,71)67-27-14(8-62-70(59,72)68-28)64-34(23(27)42)53-12-49-25-30(44)45-10-47-32(25)53/h10-15,23-24,27-28,34-35H,2-9H2,1H3,(H,58,71)(H,59,72)(H2,44,45,47)(H,46,48,51,57)/t14-,15-,23-,24-,27-,28-,34-,35-,69-,70-/m1/s1. The number of hydrogen-bond acceptors (Lipinski definition) is 21. The molecular formula is C36H36F7N11O14P2S2. The normalized spacial score (nSPS) is 27.7. The van der Waals surface area contributed by atoms with Gasteiger partial charge in [0.05, 0.1) is 58.5 Å². The minimum Gasteiger partial charge on any atom is -0.447 e. The molecule has 4 aromatic heterocycles. The molecule has 0 bridgehead atoms. The van der Waals surface area contributed by atoms with Gasteiger partial charge in [-0.15, -0.1) is 0 Å². The fourth-order valence-corrected chi connectivity index (χ4v) is 10.2. The number of halogens is 7. The number of fused-ring (bicyclic) bond motifs is 4. The third-order valence-corrected chi connectivity index (χ3v) is 14.0. The number of likely N-dealkylation sites (N-methyl/N-ethyl adjacent to an activating group) is 1. The molecule has 25 nitrogen and oxygen atoms in total. The van der Waals surface area contributed by atoms with Crippen LogP contribution in [0.4, 0.5) is 47.2 Å². The van der Waals surface area contributed by atoms with E-state index < -0.39 is 142 Å². The van der Waals surface area contributed by atoms with Gasteiger partial charge in [-0.25, -0.2) is 65.8 Å². The number of nitrogens with two attached hydrogens (primary N) is 1. The van der Waals surface area contributed by atoms with Crippen molar-refractivity contribution in [3.8, 4) is 5.75 Å². The number of esters is 1. The van der Waals surface area contributed by atoms with Crippen molar-refractivity contribution < 1.29 is 96.0 Å². The van der Waals surface area contributed by atoms with Crippen LogP contribution in [0, 0.1) is 29.1 Å². The van der Waals surface area contributed by atoms with E-state index in [-0.39, 0.29) is 60.1 Å². The summed E-state index contributed by atoms with van der Waals surface area (Å²) < 4.78 is 178. The van der Waals surface area contributed by atoms with E-state index in [1.807, 2.05) is 0 Å². The van der Waals surface area contributed by atoms with Crippen LogP contribution in [0.1, 0.15) is 25.3 Å². The Bertz CT molecular complexity index is 2960. The maximum absolute atomic E-state index is 16.5. The predicted octanol–water partition coefficient (Wildman–Crippen LogP) is 4.72. The molecule has 8 rings (SSSR count). The van der Waals surface area contributed by atoms with Crippen molar-refractivity contribution in [2.24, 2.45) is 0 Å². The Balaban J connectivity index is 0.827. The Hall–Kier alpha value is -5.28. The molecular weight excluding hydrogens is 1070 g/mol. The predicted molar refractivity (Wildman–Crippen MR) is 232 cm³/mol. The molecule has 390 valence electrons. The zero-order valence-corrected chi connectivity index (χ0v) is 39.9. The smallest absolute Gasteiger partial charge is 0.412 e. The number of amides is 2. The summed E-state index contributed by atoms with van der Waals surface area (Å²) in [5.74, 6) is -15.6. The summed E-state index contributed by atoms with van der Waals surface area (Å²) in [7, 11) is 1.36. The number of alkyl halides is 2. The van der Waals surface area contributed by atoms with Crippen molar-refractivity contribution in [2.75, 3.05) is 57.7 Å². The lowest BCUT2D eigenvalue weighted by Gasteiger charge is -2.28. The molecule has 7 heterocycles. The fourth-order valence-electron chi connectivity index (χ4n) is 7.23. The number of aromatic nitrogens is 8. The quantitative estimate of drug-likeness (QED) is 0.0181. The number of hydrogen-bond donors (Lipinski definition) is 4. The molecule has 72 heavy (non-hydrogen) atoms. The number of benzene rings is 1. The third-order valence-electron chi connectivity index (χ3n) is 10.7. The number of carbonyl (C=O) groups excluding carboxylic acids is 3. The van der Waals surface area contributed by atoms with Crippen molar-refractivity contribution in [1.29, 1.82) is 0 Å². The number of thiol groups is 2. The zero-order chi connectivity index (χ0) is 51.8. The molecule has 0 spiro atoms. The van der Waals surface area contributed by atoms with E-state index >= 15 is 8.78 Å². The van der Waals surface area contributed by atoms with E-state index in [2.05, 4.69) is 64.5 Å². The number of carbonyl (C=O) groups is 3. The van der Waals surface area contributed by atoms with Gasteiger partial charge in [0.2, 0.25) is 40.7 Å². The van der Waals surface area contributed by atoms with E-state index in [0.717, 1.165) is 28.4 Å². The number of nitrogens with one attached hydrogen (secondary N) is 1. The highest BCUT2D eigenvalue weighted by Crippen LogP contribution is 2.60. The Kier molecular flexibility index (Phi) is 16.0. The average molecular weight is 1110 g/mol. The highest BCUT2D eigenvalue weighted by Gasteiger charge is 2.54. The molecule has 10 atom stereocenters. The molecule has 3 aliphatic rings. The van der Waals surface area contributed by atoms with Crippen LogP contribution >= 0.6 is 38.1 Å². The van der Waals surface area contributed by atoms with Crippen LogP contribution in [0.2, 0.25) is 0 Å². The van der Waals surface area contributed by atoms with E-state index in [0.29, 0.717) is 0 Å². The van der Waals surface area contributed by atoms with Crippen LogP contribution < -0.4 is 15.8 Å². The molecule has 5 aromatic rings. The lowest BCUT2D eigenvalue weighted by Crippen LogP contribution is -2.36. The topological polar surface area (TPSA) is 297 Å². The monoisotopic (exact) mass is 1110 g/mol. The summed E-state index contributed by atoms with van der Waals surface area (Å²) >= 11 is 8.01. The lowest BCUT2D eigenvalue weighted by molar-refractivity contribution is -0.136. The van der Waals surface area contributed by atoms with Crippen LogP contribution in [-0.4, -0.2) is 145 Å². The molecule has 3 saturated heterocycles. The lowest BCUT2D eigenvalue weighted by atomic mass is 10.1. The summed E-state index contributed by atoms with van der Waals surface area (Å²) in [5, 5.41) is 2.35. The van der Waals surface area contributed by atoms with E-state index in [1.165, 1.54) is 17.9 Å². The molecule has 3 fully saturated rings. The Morgan fingerprint density at radius 3 is 1.86 bits per heavy atom. The number of ether oxygens (including phenoxy) is 5. The Labute approximate surface area is 408 Å². The first-order valence-electron chi connectivity index (χ1n) is 20.6. The van der Waals surface area contributed by atoms with Crippen LogP contribution in [-0.2, 0) is 55.8 Å². The van der Waals surface area contributed by atoms with E-state index in [1.54, 1.807) is 0 Å². The second kappa shape index (κ2) is 21.7. The average Bonchev–Trinajstić information content (AvgIpc) is 4.11. The second-order valence-corrected chi connectivity index (χ2v) is 21.1. The van der Waals surface area contributed by atoms with Crippen LogP contribution in [0.25, 0.3) is 22.3 Å². The number of nitrogen functional groups attached to an aromatic ring is 1. The molecule has 1 aromatic carbocycles. The molecule has 2 amide bonds. The van der Waals surface area contributed by atoms with Crippen LogP contribution in [0.3, 0.4) is 0 Å². The minimum atomic E-state index is -4.57. The Morgan fingerprint density at radius 2 is 1.28 bits per heavy atom. The van der Waals surface area contributed by atoms with E-state index in [4.69, 9.17) is 42.8 Å². The van der Waals surface area contributed by atoms with Crippen LogP contribution in [0.5, 0.6) is 5.75 Å². The third kappa shape index (κ3) is 11.3. The fraction of sp³-hybridized carbons (Fsp3) is 0.472. The molecule has 3 N–H and O–H groups in total.